The molecule has 0 saturated heterocycles. The van der Waals surface area contributed by atoms with Crippen molar-refractivity contribution < 1.29 is 0 Å². The Bertz CT molecular complexity index is 298. The topological polar surface area (TPSA) is 12.0 Å². The van der Waals surface area contributed by atoms with Crippen LogP contribution in [-0.4, -0.2) is 13.1 Å². The predicted molar refractivity (Wildman–Crippen MR) is 67.5 cm³/mol. The maximum atomic E-state index is 5.96. The van der Waals surface area contributed by atoms with E-state index in [0.717, 1.165) is 11.4 Å². The number of benzene rings is 1. The molecule has 0 radical (unpaired) electrons. The second-order valence-electron chi connectivity index (χ2n) is 4.11. The van der Waals surface area contributed by atoms with Crippen LogP contribution in [0.4, 0.5) is 0 Å². The van der Waals surface area contributed by atoms with Crippen molar-refractivity contribution in [3.8, 4) is 0 Å². The van der Waals surface area contributed by atoms with Gasteiger partial charge in [0, 0.05) is 11.1 Å². The summed E-state index contributed by atoms with van der Waals surface area (Å²) in [4.78, 5) is 0. The first-order valence-corrected chi connectivity index (χ1v) is 5.96. The third-order valence-electron chi connectivity index (χ3n) is 3.05. The van der Waals surface area contributed by atoms with Gasteiger partial charge in [0.25, 0.3) is 0 Å². The molecule has 0 aliphatic heterocycles. The molecule has 2 unspecified atom stereocenters. The number of halogens is 1. The van der Waals surface area contributed by atoms with Crippen molar-refractivity contribution in [1.82, 2.24) is 5.32 Å². The van der Waals surface area contributed by atoms with Crippen LogP contribution in [0.3, 0.4) is 0 Å². The molecule has 1 aromatic carbocycles. The van der Waals surface area contributed by atoms with Crippen molar-refractivity contribution in [1.29, 1.82) is 0 Å². The lowest BCUT2D eigenvalue weighted by atomic mass is 9.93. The van der Waals surface area contributed by atoms with Gasteiger partial charge in [-0.3, -0.25) is 0 Å². The Morgan fingerprint density at radius 3 is 2.67 bits per heavy atom. The van der Waals surface area contributed by atoms with E-state index in [1.54, 1.807) is 0 Å². The average molecular weight is 226 g/mol. The summed E-state index contributed by atoms with van der Waals surface area (Å²) in [5, 5.41) is 4.20. The largest absolute Gasteiger partial charge is 0.316 e. The average Bonchev–Trinajstić information content (AvgIpc) is 2.25. The Morgan fingerprint density at radius 1 is 1.40 bits per heavy atom. The number of hydrogen-bond acceptors (Lipinski definition) is 1. The summed E-state index contributed by atoms with van der Waals surface area (Å²) in [5.41, 5.74) is 1.31. The fraction of sp³-hybridized carbons (Fsp3) is 0.538. The molecule has 0 spiro atoms. The Balaban J connectivity index is 2.66. The second kappa shape index (κ2) is 6.14. The van der Waals surface area contributed by atoms with Gasteiger partial charge in [0.15, 0.2) is 0 Å². The number of rotatable bonds is 5. The van der Waals surface area contributed by atoms with Crippen LogP contribution in [0.15, 0.2) is 24.3 Å². The van der Waals surface area contributed by atoms with E-state index in [2.05, 4.69) is 25.2 Å². The minimum atomic E-state index is 0.536. The van der Waals surface area contributed by atoms with Gasteiger partial charge < -0.3 is 5.32 Å². The highest BCUT2D eigenvalue weighted by molar-refractivity contribution is 6.30. The molecule has 1 rings (SSSR count). The minimum Gasteiger partial charge on any atom is -0.316 e. The van der Waals surface area contributed by atoms with Crippen molar-refractivity contribution in [2.24, 2.45) is 5.92 Å². The van der Waals surface area contributed by atoms with Gasteiger partial charge in [0.2, 0.25) is 0 Å². The fourth-order valence-corrected chi connectivity index (χ4v) is 2.00. The van der Waals surface area contributed by atoms with Crippen molar-refractivity contribution in [3.63, 3.8) is 0 Å². The zero-order chi connectivity index (χ0) is 11.3. The van der Waals surface area contributed by atoms with E-state index in [-0.39, 0.29) is 0 Å². The summed E-state index contributed by atoms with van der Waals surface area (Å²) < 4.78 is 0. The molecule has 0 saturated carbocycles. The minimum absolute atomic E-state index is 0.536. The number of likely N-dealkylation sites (N-methyl/N-ethyl adjacent to an activating group) is 1. The third kappa shape index (κ3) is 3.84. The lowest BCUT2D eigenvalue weighted by molar-refractivity contribution is 0.386. The maximum absolute atomic E-state index is 5.96. The summed E-state index contributed by atoms with van der Waals surface area (Å²) in [6.07, 6.45) is 2.25. The van der Waals surface area contributed by atoms with E-state index >= 15 is 0 Å². The van der Waals surface area contributed by atoms with Gasteiger partial charge in [0.1, 0.15) is 0 Å². The molecule has 0 aliphatic rings. The summed E-state index contributed by atoms with van der Waals surface area (Å²) in [6.45, 7) is 4.51. The van der Waals surface area contributed by atoms with Gasteiger partial charge in [-0.25, -0.2) is 0 Å². The van der Waals surface area contributed by atoms with Crippen molar-refractivity contribution >= 4 is 11.6 Å². The first-order valence-electron chi connectivity index (χ1n) is 5.59. The Labute approximate surface area is 97.8 Å². The van der Waals surface area contributed by atoms with Gasteiger partial charge >= 0.3 is 0 Å². The van der Waals surface area contributed by atoms with Crippen LogP contribution in [0.5, 0.6) is 0 Å². The SMILES string of the molecule is CCC(C)C(Cc1cccc(Cl)c1)NC. The van der Waals surface area contributed by atoms with Crippen LogP contribution in [0, 0.1) is 5.92 Å². The van der Waals surface area contributed by atoms with Gasteiger partial charge in [-0.1, -0.05) is 44.0 Å². The molecule has 0 aliphatic carbocycles. The molecule has 2 atom stereocenters. The standard InChI is InChI=1S/C13H20ClN/c1-4-10(2)13(15-3)9-11-6-5-7-12(14)8-11/h5-8,10,13,15H,4,9H2,1-3H3. The number of nitrogens with one attached hydrogen (secondary N) is 1. The monoisotopic (exact) mass is 225 g/mol. The first-order chi connectivity index (χ1) is 7.17. The Kier molecular flexibility index (Phi) is 5.13. The fourth-order valence-electron chi connectivity index (χ4n) is 1.79. The molecule has 0 amide bonds. The van der Waals surface area contributed by atoms with Crippen molar-refractivity contribution in [2.45, 2.75) is 32.7 Å². The normalized spacial score (nSPS) is 14.9. The lowest BCUT2D eigenvalue weighted by Crippen LogP contribution is -2.33. The van der Waals surface area contributed by atoms with Gasteiger partial charge in [-0.05, 0) is 37.1 Å². The van der Waals surface area contributed by atoms with Crippen LogP contribution in [0.1, 0.15) is 25.8 Å². The van der Waals surface area contributed by atoms with Gasteiger partial charge in [-0.15, -0.1) is 0 Å². The molecule has 0 heterocycles. The molecule has 1 nitrogen and oxygen atoms in total. The highest BCUT2D eigenvalue weighted by atomic mass is 35.5. The molecule has 1 N–H and O–H groups in total. The van der Waals surface area contributed by atoms with E-state index < -0.39 is 0 Å². The first kappa shape index (κ1) is 12.5. The molecule has 84 valence electrons. The van der Waals surface area contributed by atoms with Gasteiger partial charge in [0.05, 0.1) is 0 Å². The molecule has 0 bridgehead atoms. The van der Waals surface area contributed by atoms with Crippen LogP contribution in [0.2, 0.25) is 5.02 Å². The lowest BCUT2D eigenvalue weighted by Gasteiger charge is -2.22. The highest BCUT2D eigenvalue weighted by Gasteiger charge is 2.13. The van der Waals surface area contributed by atoms with E-state index in [1.807, 2.05) is 25.2 Å². The zero-order valence-electron chi connectivity index (χ0n) is 9.76. The Hall–Kier alpha value is -0.530. The molecular formula is C13H20ClN. The van der Waals surface area contributed by atoms with Crippen molar-refractivity contribution in [3.05, 3.63) is 34.9 Å². The number of hydrogen-bond donors (Lipinski definition) is 1. The third-order valence-corrected chi connectivity index (χ3v) is 3.28. The predicted octanol–water partition coefficient (Wildman–Crippen LogP) is 3.52. The van der Waals surface area contributed by atoms with Crippen molar-refractivity contribution in [2.75, 3.05) is 7.05 Å². The summed E-state index contributed by atoms with van der Waals surface area (Å²) in [6, 6.07) is 8.66. The molecule has 0 fully saturated rings. The zero-order valence-corrected chi connectivity index (χ0v) is 10.5. The van der Waals surface area contributed by atoms with Crippen LogP contribution in [0.25, 0.3) is 0 Å². The maximum Gasteiger partial charge on any atom is 0.0408 e. The molecule has 0 aromatic heterocycles. The Morgan fingerprint density at radius 2 is 2.13 bits per heavy atom. The quantitative estimate of drug-likeness (QED) is 0.809. The second-order valence-corrected chi connectivity index (χ2v) is 4.55. The van der Waals surface area contributed by atoms with Gasteiger partial charge in [-0.2, -0.15) is 0 Å². The van der Waals surface area contributed by atoms with E-state index in [1.165, 1.54) is 12.0 Å². The highest BCUT2D eigenvalue weighted by Crippen LogP contribution is 2.16. The van der Waals surface area contributed by atoms with Crippen LogP contribution >= 0.6 is 11.6 Å². The summed E-state index contributed by atoms with van der Waals surface area (Å²) in [7, 11) is 2.03. The summed E-state index contributed by atoms with van der Waals surface area (Å²) in [5.74, 6) is 0.689. The van der Waals surface area contributed by atoms with Crippen LogP contribution < -0.4 is 5.32 Å². The van der Waals surface area contributed by atoms with E-state index in [9.17, 15) is 0 Å². The molecule has 1 aromatic rings. The molecular weight excluding hydrogens is 206 g/mol. The smallest absolute Gasteiger partial charge is 0.0408 e. The summed E-state index contributed by atoms with van der Waals surface area (Å²) >= 11 is 5.96. The van der Waals surface area contributed by atoms with E-state index in [0.29, 0.717) is 12.0 Å². The van der Waals surface area contributed by atoms with Crippen LogP contribution in [-0.2, 0) is 6.42 Å². The van der Waals surface area contributed by atoms with E-state index in [4.69, 9.17) is 11.6 Å². The molecule has 15 heavy (non-hydrogen) atoms. The molecule has 2 heteroatoms.